The first kappa shape index (κ1) is 7.44. The van der Waals surface area contributed by atoms with Gasteiger partial charge in [0.1, 0.15) is 18.6 Å². The van der Waals surface area contributed by atoms with Crippen molar-refractivity contribution in [3.8, 4) is 17.0 Å². The van der Waals surface area contributed by atoms with E-state index in [0.717, 1.165) is 22.6 Å². The van der Waals surface area contributed by atoms with Crippen molar-refractivity contribution in [1.82, 2.24) is 15.0 Å². The molecule has 68 valence electrons. The van der Waals surface area contributed by atoms with Crippen LogP contribution in [0.1, 0.15) is 5.56 Å². The molecule has 1 aliphatic heterocycles. The van der Waals surface area contributed by atoms with E-state index in [1.54, 1.807) is 12.4 Å². The van der Waals surface area contributed by atoms with Crippen LogP contribution in [0.25, 0.3) is 11.3 Å². The van der Waals surface area contributed by atoms with Crippen LogP contribution in [0.15, 0.2) is 31.0 Å². The highest BCUT2D eigenvalue weighted by molar-refractivity contribution is 5.69. The van der Waals surface area contributed by atoms with Crippen molar-refractivity contribution in [2.75, 3.05) is 0 Å². The predicted molar refractivity (Wildman–Crippen MR) is 49.6 cm³/mol. The zero-order valence-electron chi connectivity index (χ0n) is 7.34. The van der Waals surface area contributed by atoms with Gasteiger partial charge >= 0.3 is 0 Å². The predicted octanol–water partition coefficient (Wildman–Crippen LogP) is 1.43. The van der Waals surface area contributed by atoms with Crippen LogP contribution >= 0.6 is 0 Å². The van der Waals surface area contributed by atoms with Gasteiger partial charge in [-0.2, -0.15) is 0 Å². The van der Waals surface area contributed by atoms with Gasteiger partial charge in [0.15, 0.2) is 5.75 Å². The Balaban J connectivity index is 2.29. The van der Waals surface area contributed by atoms with Crippen molar-refractivity contribution >= 4 is 0 Å². The van der Waals surface area contributed by atoms with Crippen LogP contribution in [-0.2, 0) is 6.61 Å². The number of hydrogen-bond acceptors (Lipinski definition) is 4. The summed E-state index contributed by atoms with van der Waals surface area (Å²) in [4.78, 5) is 12.2. The van der Waals surface area contributed by atoms with Gasteiger partial charge in [0, 0.05) is 23.5 Å². The smallest absolute Gasteiger partial charge is 0.164 e. The second-order valence-corrected chi connectivity index (χ2v) is 3.06. The molecular weight excluding hydrogens is 178 g/mol. The zero-order valence-corrected chi connectivity index (χ0v) is 7.34. The molecule has 0 aromatic carbocycles. The van der Waals surface area contributed by atoms with E-state index in [-0.39, 0.29) is 0 Å². The van der Waals surface area contributed by atoms with E-state index in [0.29, 0.717) is 6.61 Å². The summed E-state index contributed by atoms with van der Waals surface area (Å²) in [5, 5.41) is 0. The largest absolute Gasteiger partial charge is 0.485 e. The lowest BCUT2D eigenvalue weighted by atomic mass is 10.1. The second kappa shape index (κ2) is 2.77. The molecule has 0 aliphatic carbocycles. The summed E-state index contributed by atoms with van der Waals surface area (Å²) in [5.74, 6) is 0.730. The van der Waals surface area contributed by atoms with E-state index in [1.807, 2.05) is 12.3 Å². The molecule has 4 heteroatoms. The standard InChI is InChI=1S/C10H7N3O/c1-2-11-3-8-7(1)5-14-9-4-12-6-13-10(8)9/h1-4,6H,5H2. The Morgan fingerprint density at radius 1 is 1.21 bits per heavy atom. The van der Waals surface area contributed by atoms with E-state index >= 15 is 0 Å². The molecule has 3 rings (SSSR count). The molecule has 0 unspecified atom stereocenters. The summed E-state index contributed by atoms with van der Waals surface area (Å²) < 4.78 is 5.50. The van der Waals surface area contributed by atoms with E-state index in [9.17, 15) is 0 Å². The fraction of sp³-hybridized carbons (Fsp3) is 0.100. The third-order valence-electron chi connectivity index (χ3n) is 2.23. The van der Waals surface area contributed by atoms with E-state index in [1.165, 1.54) is 6.33 Å². The summed E-state index contributed by atoms with van der Waals surface area (Å²) >= 11 is 0. The van der Waals surface area contributed by atoms with Gasteiger partial charge in [-0.25, -0.2) is 9.97 Å². The number of nitrogens with zero attached hydrogens (tertiary/aromatic N) is 3. The molecule has 2 aromatic rings. The molecule has 0 spiro atoms. The number of rotatable bonds is 0. The maximum atomic E-state index is 5.50. The minimum atomic E-state index is 0.568. The third kappa shape index (κ3) is 0.970. The van der Waals surface area contributed by atoms with Gasteiger partial charge in [-0.15, -0.1) is 0 Å². The van der Waals surface area contributed by atoms with Crippen molar-refractivity contribution in [3.63, 3.8) is 0 Å². The SMILES string of the molecule is c1cc2c(cn1)-c1ncncc1OC2. The molecule has 4 nitrogen and oxygen atoms in total. The van der Waals surface area contributed by atoms with Crippen molar-refractivity contribution < 1.29 is 4.74 Å². The fourth-order valence-corrected chi connectivity index (χ4v) is 1.54. The molecule has 1 aliphatic rings. The highest BCUT2D eigenvalue weighted by Gasteiger charge is 2.17. The van der Waals surface area contributed by atoms with E-state index < -0.39 is 0 Å². The molecule has 2 aromatic heterocycles. The lowest BCUT2D eigenvalue weighted by Gasteiger charge is -2.17. The van der Waals surface area contributed by atoms with Crippen molar-refractivity contribution in [2.24, 2.45) is 0 Å². The lowest BCUT2D eigenvalue weighted by molar-refractivity contribution is 0.299. The Kier molecular flexibility index (Phi) is 1.47. The Hall–Kier alpha value is -1.97. The molecule has 0 fully saturated rings. The van der Waals surface area contributed by atoms with Crippen LogP contribution in [0.4, 0.5) is 0 Å². The normalized spacial score (nSPS) is 12.6. The van der Waals surface area contributed by atoms with Crippen LogP contribution in [0.2, 0.25) is 0 Å². The van der Waals surface area contributed by atoms with E-state index in [2.05, 4.69) is 15.0 Å². The molecule has 0 saturated carbocycles. The highest BCUT2D eigenvalue weighted by Crippen LogP contribution is 2.33. The Bertz CT molecular complexity index is 439. The molecule has 0 N–H and O–H groups in total. The van der Waals surface area contributed by atoms with Crippen molar-refractivity contribution in [2.45, 2.75) is 6.61 Å². The summed E-state index contributed by atoms with van der Waals surface area (Å²) in [6.45, 7) is 0.568. The van der Waals surface area contributed by atoms with Gasteiger partial charge in [0.05, 0.1) is 6.20 Å². The van der Waals surface area contributed by atoms with Gasteiger partial charge in [-0.05, 0) is 6.07 Å². The molecular formula is C10H7N3O. The van der Waals surface area contributed by atoms with Gasteiger partial charge in [-0.3, -0.25) is 4.98 Å². The Morgan fingerprint density at radius 2 is 2.21 bits per heavy atom. The van der Waals surface area contributed by atoms with Gasteiger partial charge in [0.2, 0.25) is 0 Å². The maximum absolute atomic E-state index is 5.50. The summed E-state index contributed by atoms with van der Waals surface area (Å²) in [5.41, 5.74) is 2.98. The summed E-state index contributed by atoms with van der Waals surface area (Å²) in [7, 11) is 0. The third-order valence-corrected chi connectivity index (χ3v) is 2.23. The average molecular weight is 185 g/mol. The van der Waals surface area contributed by atoms with Crippen LogP contribution < -0.4 is 4.74 Å². The first-order valence-corrected chi connectivity index (χ1v) is 4.31. The van der Waals surface area contributed by atoms with Gasteiger partial charge < -0.3 is 4.74 Å². The van der Waals surface area contributed by atoms with Gasteiger partial charge in [-0.1, -0.05) is 0 Å². The number of fused-ring (bicyclic) bond motifs is 3. The van der Waals surface area contributed by atoms with Crippen LogP contribution in [-0.4, -0.2) is 15.0 Å². The number of hydrogen-bond donors (Lipinski definition) is 0. The number of pyridine rings is 1. The number of aromatic nitrogens is 3. The molecule has 3 heterocycles. The number of ether oxygens (including phenoxy) is 1. The molecule has 0 amide bonds. The first-order chi connectivity index (χ1) is 6.95. The minimum Gasteiger partial charge on any atom is -0.485 e. The molecule has 0 saturated heterocycles. The van der Waals surface area contributed by atoms with Crippen molar-refractivity contribution in [1.29, 1.82) is 0 Å². The second-order valence-electron chi connectivity index (χ2n) is 3.06. The summed E-state index contributed by atoms with van der Waals surface area (Å²) in [6.07, 6.45) is 6.76. The topological polar surface area (TPSA) is 47.9 Å². The monoisotopic (exact) mass is 185 g/mol. The molecule has 0 bridgehead atoms. The Morgan fingerprint density at radius 3 is 3.21 bits per heavy atom. The Labute approximate surface area is 80.6 Å². The highest BCUT2D eigenvalue weighted by atomic mass is 16.5. The quantitative estimate of drug-likeness (QED) is 0.623. The maximum Gasteiger partial charge on any atom is 0.164 e. The van der Waals surface area contributed by atoms with Crippen LogP contribution in [0.3, 0.4) is 0 Å². The molecule has 14 heavy (non-hydrogen) atoms. The molecule has 0 radical (unpaired) electrons. The van der Waals surface area contributed by atoms with Gasteiger partial charge in [0.25, 0.3) is 0 Å². The van der Waals surface area contributed by atoms with Crippen LogP contribution in [0.5, 0.6) is 5.75 Å². The summed E-state index contributed by atoms with van der Waals surface area (Å²) in [6, 6.07) is 1.94. The lowest BCUT2D eigenvalue weighted by Crippen LogP contribution is -2.07. The van der Waals surface area contributed by atoms with Crippen molar-refractivity contribution in [3.05, 3.63) is 36.5 Å². The minimum absolute atomic E-state index is 0.568. The average Bonchev–Trinajstić information content (AvgIpc) is 2.29. The first-order valence-electron chi connectivity index (χ1n) is 4.31. The molecule has 0 atom stereocenters. The zero-order chi connectivity index (χ0) is 9.38. The fourth-order valence-electron chi connectivity index (χ4n) is 1.54. The van der Waals surface area contributed by atoms with E-state index in [4.69, 9.17) is 4.74 Å². The van der Waals surface area contributed by atoms with Crippen LogP contribution in [0, 0.1) is 0 Å².